The molecule has 2 bridgehead atoms. The van der Waals surface area contributed by atoms with Crippen molar-refractivity contribution in [2.45, 2.75) is 63.4 Å². The zero-order valence-electron chi connectivity index (χ0n) is 11.7. The van der Waals surface area contributed by atoms with Gasteiger partial charge in [0.15, 0.2) is 5.96 Å². The Morgan fingerprint density at radius 1 is 1.32 bits per heavy atom. The lowest BCUT2D eigenvalue weighted by Gasteiger charge is -2.23. The van der Waals surface area contributed by atoms with Crippen molar-refractivity contribution in [1.82, 2.24) is 10.6 Å². The molecule has 5 heteroatoms. The fraction of sp³-hybridized carbons (Fsp3) is 0.929. The number of rotatable bonds is 4. The van der Waals surface area contributed by atoms with Crippen LogP contribution in [0.25, 0.3) is 0 Å². The highest BCUT2D eigenvalue weighted by molar-refractivity contribution is 5.80. The van der Waals surface area contributed by atoms with Crippen LogP contribution in [0.3, 0.4) is 0 Å². The normalized spacial score (nSPS) is 37.8. The van der Waals surface area contributed by atoms with E-state index in [1.54, 1.807) is 0 Å². The Hall–Kier alpha value is -0.810. The van der Waals surface area contributed by atoms with Crippen LogP contribution in [0, 0.1) is 0 Å². The smallest absolute Gasteiger partial charge is 0.191 e. The summed E-state index contributed by atoms with van der Waals surface area (Å²) in [6.45, 7) is 4.64. The fourth-order valence-corrected chi connectivity index (χ4v) is 3.27. The maximum absolute atomic E-state index is 5.87. The van der Waals surface area contributed by atoms with Crippen molar-refractivity contribution < 1.29 is 9.47 Å². The average Bonchev–Trinajstić information content (AvgIpc) is 3.13. The zero-order chi connectivity index (χ0) is 13.1. The first-order valence-corrected chi connectivity index (χ1v) is 7.67. The summed E-state index contributed by atoms with van der Waals surface area (Å²) in [5.74, 6) is 0.916. The lowest BCUT2D eigenvalue weighted by Crippen LogP contribution is -2.47. The number of guanidine groups is 1. The Balaban J connectivity index is 1.52. The molecule has 3 aliphatic rings. The molecule has 0 spiro atoms. The molecule has 3 rings (SSSR count). The summed E-state index contributed by atoms with van der Waals surface area (Å²) in [6, 6.07) is 0.432. The van der Waals surface area contributed by atoms with E-state index < -0.39 is 0 Å². The van der Waals surface area contributed by atoms with Gasteiger partial charge in [0.05, 0.1) is 30.9 Å². The first kappa shape index (κ1) is 13.2. The molecule has 0 aromatic heterocycles. The number of ether oxygens (including phenoxy) is 2. The van der Waals surface area contributed by atoms with Crippen LogP contribution in [-0.2, 0) is 9.47 Å². The van der Waals surface area contributed by atoms with Crippen molar-refractivity contribution in [3.05, 3.63) is 0 Å². The molecule has 0 amide bonds. The third kappa shape index (κ3) is 3.20. The van der Waals surface area contributed by atoms with E-state index in [1.165, 1.54) is 19.3 Å². The van der Waals surface area contributed by atoms with Crippen LogP contribution in [-0.4, -0.2) is 50.0 Å². The number of nitrogens with zero attached hydrogens (tertiary/aromatic N) is 1. The summed E-state index contributed by atoms with van der Waals surface area (Å²) in [6.07, 6.45) is 7.02. The lowest BCUT2D eigenvalue weighted by atomic mass is 9.96. The Morgan fingerprint density at radius 3 is 2.89 bits per heavy atom. The van der Waals surface area contributed by atoms with E-state index in [4.69, 9.17) is 9.47 Å². The molecule has 0 radical (unpaired) electrons. The van der Waals surface area contributed by atoms with E-state index in [-0.39, 0.29) is 0 Å². The molecule has 0 saturated carbocycles. The molecule has 5 nitrogen and oxygen atoms in total. The Kier molecular flexibility index (Phi) is 4.23. The van der Waals surface area contributed by atoms with E-state index in [1.807, 2.05) is 0 Å². The molecule has 108 valence electrons. The molecular formula is C14H25N3O2. The summed E-state index contributed by atoms with van der Waals surface area (Å²) in [5.41, 5.74) is 0. The summed E-state index contributed by atoms with van der Waals surface area (Å²) in [5, 5.41) is 6.85. The van der Waals surface area contributed by atoms with Gasteiger partial charge in [-0.15, -0.1) is 0 Å². The van der Waals surface area contributed by atoms with Gasteiger partial charge in [0.25, 0.3) is 0 Å². The predicted molar refractivity (Wildman–Crippen MR) is 74.4 cm³/mol. The molecule has 4 atom stereocenters. The standard InChI is InChI=1S/C14H25N3O2/c1-2-15-14(16-9-11-4-3-7-18-11)17-12-8-10-5-6-13(12)19-10/h10-13H,2-9H2,1H3,(H2,15,16,17). The lowest BCUT2D eigenvalue weighted by molar-refractivity contribution is 0.0991. The molecule has 0 aromatic rings. The Labute approximate surface area is 115 Å². The summed E-state index contributed by atoms with van der Waals surface area (Å²) < 4.78 is 11.5. The van der Waals surface area contributed by atoms with Crippen LogP contribution in [0.15, 0.2) is 4.99 Å². The van der Waals surface area contributed by atoms with Gasteiger partial charge in [-0.1, -0.05) is 0 Å². The van der Waals surface area contributed by atoms with Gasteiger partial charge in [-0.05, 0) is 39.0 Å². The minimum Gasteiger partial charge on any atom is -0.376 e. The van der Waals surface area contributed by atoms with E-state index in [2.05, 4.69) is 22.5 Å². The van der Waals surface area contributed by atoms with Crippen molar-refractivity contribution in [3.63, 3.8) is 0 Å². The highest BCUT2D eigenvalue weighted by Crippen LogP contribution is 2.34. The average molecular weight is 267 g/mol. The Morgan fingerprint density at radius 2 is 2.26 bits per heavy atom. The van der Waals surface area contributed by atoms with Crippen LogP contribution in [0.2, 0.25) is 0 Å². The maximum Gasteiger partial charge on any atom is 0.191 e. The van der Waals surface area contributed by atoms with Crippen molar-refractivity contribution >= 4 is 5.96 Å². The van der Waals surface area contributed by atoms with E-state index >= 15 is 0 Å². The van der Waals surface area contributed by atoms with Crippen LogP contribution in [0.5, 0.6) is 0 Å². The van der Waals surface area contributed by atoms with Crippen molar-refractivity contribution in [2.75, 3.05) is 19.7 Å². The molecule has 2 N–H and O–H groups in total. The second kappa shape index (κ2) is 6.09. The van der Waals surface area contributed by atoms with Gasteiger partial charge in [0.1, 0.15) is 0 Å². The quantitative estimate of drug-likeness (QED) is 0.590. The summed E-state index contributed by atoms with van der Waals surface area (Å²) in [7, 11) is 0. The predicted octanol–water partition coefficient (Wildman–Crippen LogP) is 1.04. The number of nitrogens with one attached hydrogen (secondary N) is 2. The molecule has 3 fully saturated rings. The Bertz CT molecular complexity index is 329. The van der Waals surface area contributed by atoms with Crippen LogP contribution >= 0.6 is 0 Å². The molecule has 4 unspecified atom stereocenters. The van der Waals surface area contributed by atoms with Gasteiger partial charge in [0.2, 0.25) is 0 Å². The monoisotopic (exact) mass is 267 g/mol. The van der Waals surface area contributed by atoms with Gasteiger partial charge in [-0.25, -0.2) is 0 Å². The molecular weight excluding hydrogens is 242 g/mol. The number of hydrogen-bond acceptors (Lipinski definition) is 3. The SMILES string of the molecule is CCNC(=NCC1CCCO1)NC1CC2CCC1O2. The zero-order valence-corrected chi connectivity index (χ0v) is 11.7. The van der Waals surface area contributed by atoms with E-state index in [9.17, 15) is 0 Å². The van der Waals surface area contributed by atoms with Gasteiger partial charge < -0.3 is 20.1 Å². The number of hydrogen-bond donors (Lipinski definition) is 2. The number of aliphatic imine (C=N–C) groups is 1. The van der Waals surface area contributed by atoms with Crippen molar-refractivity contribution in [3.8, 4) is 0 Å². The van der Waals surface area contributed by atoms with Gasteiger partial charge in [0, 0.05) is 13.2 Å². The topological polar surface area (TPSA) is 54.9 Å². The van der Waals surface area contributed by atoms with Crippen LogP contribution < -0.4 is 10.6 Å². The van der Waals surface area contributed by atoms with Crippen molar-refractivity contribution in [1.29, 1.82) is 0 Å². The summed E-state index contributed by atoms with van der Waals surface area (Å²) >= 11 is 0. The maximum atomic E-state index is 5.87. The van der Waals surface area contributed by atoms with Gasteiger partial charge in [-0.3, -0.25) is 4.99 Å². The molecule has 0 aromatic carbocycles. The van der Waals surface area contributed by atoms with Gasteiger partial charge >= 0.3 is 0 Å². The minimum atomic E-state index is 0.312. The second-order valence-corrected chi connectivity index (χ2v) is 5.72. The highest BCUT2D eigenvalue weighted by Gasteiger charge is 2.41. The van der Waals surface area contributed by atoms with E-state index in [0.29, 0.717) is 24.4 Å². The van der Waals surface area contributed by atoms with Crippen LogP contribution in [0.1, 0.15) is 39.0 Å². The fourth-order valence-electron chi connectivity index (χ4n) is 3.27. The molecule has 0 aliphatic carbocycles. The third-order valence-corrected chi connectivity index (χ3v) is 4.25. The molecule has 3 aliphatic heterocycles. The molecule has 3 heterocycles. The molecule has 3 saturated heterocycles. The van der Waals surface area contributed by atoms with Crippen LogP contribution in [0.4, 0.5) is 0 Å². The first-order valence-electron chi connectivity index (χ1n) is 7.67. The van der Waals surface area contributed by atoms with Crippen molar-refractivity contribution in [2.24, 2.45) is 4.99 Å². The first-order chi connectivity index (χ1) is 9.35. The third-order valence-electron chi connectivity index (χ3n) is 4.25. The highest BCUT2D eigenvalue weighted by atomic mass is 16.5. The van der Waals surface area contributed by atoms with E-state index in [0.717, 1.165) is 38.5 Å². The number of fused-ring (bicyclic) bond motifs is 2. The van der Waals surface area contributed by atoms with Gasteiger partial charge in [-0.2, -0.15) is 0 Å². The minimum absolute atomic E-state index is 0.312. The largest absolute Gasteiger partial charge is 0.376 e. The summed E-state index contributed by atoms with van der Waals surface area (Å²) in [4.78, 5) is 4.66. The molecule has 19 heavy (non-hydrogen) atoms. The second-order valence-electron chi connectivity index (χ2n) is 5.72.